The largest absolute Gasteiger partial charge is 0.544 e. The van der Waals surface area contributed by atoms with Crippen molar-refractivity contribution in [3.05, 3.63) is 56.3 Å². The molecule has 108 valence electrons. The second-order valence-electron chi connectivity index (χ2n) is 4.03. The maximum atomic E-state index is 10.9. The molecule has 1 aromatic heterocycles. The van der Waals surface area contributed by atoms with E-state index in [0.29, 0.717) is 10.6 Å². The zero-order valence-electron chi connectivity index (χ0n) is 10.9. The predicted molar refractivity (Wildman–Crippen MR) is 77.6 cm³/mol. The Kier molecular flexibility index (Phi) is 4.29. The maximum Gasteiger partial charge on any atom is 0.294 e. The molecule has 1 heterocycles. The molecule has 1 N–H and O–H groups in total. The van der Waals surface area contributed by atoms with Crippen LogP contribution in [0.5, 0.6) is 0 Å². The van der Waals surface area contributed by atoms with E-state index in [9.17, 15) is 20.0 Å². The standard InChI is InChI=1S/C13H11N3O4S/c1-8(11-6-7-12(21-11)13(17)18)14-15-9-4-2-3-5-10(9)16(19)20/h2-7,15H,1H3,(H,17,18)/p-1/b14-8-. The molecule has 0 unspecified atom stereocenters. The monoisotopic (exact) mass is 304 g/mol. The lowest BCUT2D eigenvalue weighted by molar-refractivity contribution is -0.384. The first kappa shape index (κ1) is 14.7. The third kappa shape index (κ3) is 3.42. The number of hydrogen-bond acceptors (Lipinski definition) is 7. The van der Waals surface area contributed by atoms with E-state index in [1.165, 1.54) is 18.2 Å². The highest BCUT2D eigenvalue weighted by Crippen LogP contribution is 2.23. The van der Waals surface area contributed by atoms with E-state index in [4.69, 9.17) is 0 Å². The molecule has 8 heteroatoms. The first-order chi connectivity index (χ1) is 9.99. The van der Waals surface area contributed by atoms with Crippen molar-refractivity contribution in [1.29, 1.82) is 0 Å². The van der Waals surface area contributed by atoms with E-state index >= 15 is 0 Å². The average Bonchev–Trinajstić information content (AvgIpc) is 2.95. The van der Waals surface area contributed by atoms with Gasteiger partial charge in [-0.2, -0.15) is 5.10 Å². The Morgan fingerprint density at radius 3 is 2.52 bits per heavy atom. The zero-order chi connectivity index (χ0) is 15.4. The SMILES string of the molecule is C/C(=N/Nc1ccccc1[N+](=O)[O-])c1ccc(C(=O)[O-])s1. The van der Waals surface area contributed by atoms with Gasteiger partial charge in [-0.15, -0.1) is 11.3 Å². The molecule has 2 aromatic rings. The van der Waals surface area contributed by atoms with Gasteiger partial charge in [0.2, 0.25) is 0 Å². The van der Waals surface area contributed by atoms with E-state index in [-0.39, 0.29) is 16.3 Å². The van der Waals surface area contributed by atoms with Gasteiger partial charge in [-0.3, -0.25) is 15.5 Å². The highest BCUT2D eigenvalue weighted by molar-refractivity contribution is 7.15. The Hall–Kier alpha value is -2.74. The van der Waals surface area contributed by atoms with Crippen LogP contribution in [0.2, 0.25) is 0 Å². The summed E-state index contributed by atoms with van der Waals surface area (Å²) in [6, 6.07) is 9.16. The summed E-state index contributed by atoms with van der Waals surface area (Å²) in [6.07, 6.45) is 0. The lowest BCUT2D eigenvalue weighted by Gasteiger charge is -2.03. The molecule has 0 spiro atoms. The first-order valence-electron chi connectivity index (χ1n) is 5.84. The summed E-state index contributed by atoms with van der Waals surface area (Å²) in [4.78, 5) is 21.8. The Morgan fingerprint density at radius 2 is 1.90 bits per heavy atom. The van der Waals surface area contributed by atoms with Crippen molar-refractivity contribution in [2.75, 3.05) is 5.43 Å². The molecule has 0 bridgehead atoms. The minimum Gasteiger partial charge on any atom is -0.544 e. The number of rotatable bonds is 5. The third-order valence-corrected chi connectivity index (χ3v) is 3.78. The van der Waals surface area contributed by atoms with Crippen LogP contribution in [0, 0.1) is 10.1 Å². The number of nitro benzene ring substituents is 1. The molecule has 0 atom stereocenters. The summed E-state index contributed by atoms with van der Waals surface area (Å²) in [7, 11) is 0. The van der Waals surface area contributed by atoms with Crippen LogP contribution >= 0.6 is 11.3 Å². The molecule has 0 aliphatic carbocycles. The molecule has 1 aromatic carbocycles. The summed E-state index contributed by atoms with van der Waals surface area (Å²) in [5.41, 5.74) is 3.32. The van der Waals surface area contributed by atoms with Crippen molar-refractivity contribution in [2.24, 2.45) is 5.10 Å². The van der Waals surface area contributed by atoms with Crippen LogP contribution < -0.4 is 10.5 Å². The average molecular weight is 304 g/mol. The molecule has 0 amide bonds. The molecule has 0 saturated heterocycles. The van der Waals surface area contributed by atoms with Gasteiger partial charge < -0.3 is 9.90 Å². The second-order valence-corrected chi connectivity index (χ2v) is 5.12. The fourth-order valence-corrected chi connectivity index (χ4v) is 2.35. The van der Waals surface area contributed by atoms with Crippen LogP contribution in [-0.2, 0) is 0 Å². The molecular weight excluding hydrogens is 294 g/mol. The minimum atomic E-state index is -1.24. The summed E-state index contributed by atoms with van der Waals surface area (Å²) >= 11 is 1.03. The summed E-state index contributed by atoms with van der Waals surface area (Å²) in [5, 5.41) is 25.6. The van der Waals surface area contributed by atoms with Gasteiger partial charge in [-0.1, -0.05) is 12.1 Å². The van der Waals surface area contributed by atoms with E-state index < -0.39 is 10.9 Å². The van der Waals surface area contributed by atoms with Crippen LogP contribution in [0.15, 0.2) is 41.5 Å². The van der Waals surface area contributed by atoms with Crippen molar-refractivity contribution in [3.63, 3.8) is 0 Å². The minimum absolute atomic E-state index is 0.0874. The molecule has 0 saturated carbocycles. The van der Waals surface area contributed by atoms with Gasteiger partial charge in [0.25, 0.3) is 5.69 Å². The Morgan fingerprint density at radius 1 is 1.24 bits per heavy atom. The van der Waals surface area contributed by atoms with Gasteiger partial charge >= 0.3 is 0 Å². The van der Waals surface area contributed by atoms with E-state index in [1.54, 1.807) is 25.1 Å². The quantitative estimate of drug-likeness (QED) is 0.515. The fraction of sp³-hybridized carbons (Fsp3) is 0.0769. The fourth-order valence-electron chi connectivity index (χ4n) is 1.57. The van der Waals surface area contributed by atoms with Crippen LogP contribution in [0.1, 0.15) is 21.5 Å². The lowest BCUT2D eigenvalue weighted by Crippen LogP contribution is -2.20. The smallest absolute Gasteiger partial charge is 0.294 e. The number of anilines is 1. The van der Waals surface area contributed by atoms with Crippen LogP contribution in [0.4, 0.5) is 11.4 Å². The second kappa shape index (κ2) is 6.14. The maximum absolute atomic E-state index is 10.9. The Bertz CT molecular complexity index is 724. The van der Waals surface area contributed by atoms with Crippen molar-refractivity contribution in [2.45, 2.75) is 6.92 Å². The van der Waals surface area contributed by atoms with Gasteiger partial charge in [0.05, 0.1) is 26.4 Å². The van der Waals surface area contributed by atoms with Crippen LogP contribution in [-0.4, -0.2) is 16.6 Å². The Balaban J connectivity index is 2.20. The molecule has 0 fully saturated rings. The number of nitrogens with one attached hydrogen (secondary N) is 1. The number of nitro groups is 1. The van der Waals surface area contributed by atoms with E-state index in [0.717, 1.165) is 11.3 Å². The number of nitrogens with zero attached hydrogens (tertiary/aromatic N) is 2. The molecule has 0 aliphatic heterocycles. The van der Waals surface area contributed by atoms with Crippen LogP contribution in [0.25, 0.3) is 0 Å². The summed E-state index contributed by atoms with van der Waals surface area (Å²) < 4.78 is 0. The molecule has 7 nitrogen and oxygen atoms in total. The van der Waals surface area contributed by atoms with Gasteiger partial charge in [-0.25, -0.2) is 0 Å². The van der Waals surface area contributed by atoms with Gasteiger partial charge in [0.15, 0.2) is 0 Å². The van der Waals surface area contributed by atoms with Crippen molar-refractivity contribution in [1.82, 2.24) is 0 Å². The number of thiophene rings is 1. The third-order valence-electron chi connectivity index (χ3n) is 2.61. The number of carboxylic acid groups (broad SMARTS) is 1. The van der Waals surface area contributed by atoms with Crippen molar-refractivity contribution < 1.29 is 14.8 Å². The van der Waals surface area contributed by atoms with Crippen LogP contribution in [0.3, 0.4) is 0 Å². The molecule has 21 heavy (non-hydrogen) atoms. The number of carbonyl (C=O) groups is 1. The lowest BCUT2D eigenvalue weighted by atomic mass is 10.3. The van der Waals surface area contributed by atoms with Gasteiger partial charge in [-0.05, 0) is 25.1 Å². The topological polar surface area (TPSA) is 108 Å². The normalized spacial score (nSPS) is 11.2. The first-order valence-corrected chi connectivity index (χ1v) is 6.66. The number of hydrogen-bond donors (Lipinski definition) is 1. The Labute approximate surface area is 123 Å². The number of benzene rings is 1. The van der Waals surface area contributed by atoms with E-state index in [1.807, 2.05) is 0 Å². The number of aromatic carboxylic acids is 1. The highest BCUT2D eigenvalue weighted by Gasteiger charge is 2.11. The number of carbonyl (C=O) groups excluding carboxylic acids is 1. The number of para-hydroxylation sites is 2. The highest BCUT2D eigenvalue weighted by atomic mass is 32.1. The zero-order valence-corrected chi connectivity index (χ0v) is 11.7. The van der Waals surface area contributed by atoms with Gasteiger partial charge in [0, 0.05) is 6.07 Å². The molecule has 2 rings (SSSR count). The van der Waals surface area contributed by atoms with Crippen molar-refractivity contribution in [3.8, 4) is 0 Å². The summed E-state index contributed by atoms with van der Waals surface area (Å²) in [6.45, 7) is 1.67. The number of carboxylic acids is 1. The van der Waals surface area contributed by atoms with Gasteiger partial charge in [0.1, 0.15) is 5.69 Å². The predicted octanol–water partition coefficient (Wildman–Crippen LogP) is 1.86. The van der Waals surface area contributed by atoms with Crippen molar-refractivity contribution >= 4 is 34.4 Å². The molecular formula is C13H10N3O4S-. The molecule has 0 radical (unpaired) electrons. The number of hydrazone groups is 1. The van der Waals surface area contributed by atoms with E-state index in [2.05, 4.69) is 10.5 Å². The summed E-state index contributed by atoms with van der Waals surface area (Å²) in [5.74, 6) is -1.24. The molecule has 0 aliphatic rings.